The van der Waals surface area contributed by atoms with Crippen molar-refractivity contribution in [2.24, 2.45) is 5.92 Å². The number of carbonyl (C=O) groups is 2. The number of benzene rings is 1. The van der Waals surface area contributed by atoms with Gasteiger partial charge in [-0.25, -0.2) is 4.98 Å². The minimum atomic E-state index is 0.0831. The molecule has 0 spiro atoms. The summed E-state index contributed by atoms with van der Waals surface area (Å²) in [5.74, 6) is 0.882. The van der Waals surface area contributed by atoms with Crippen molar-refractivity contribution in [3.8, 4) is 5.69 Å². The van der Waals surface area contributed by atoms with E-state index in [1.165, 1.54) is 23.7 Å². The van der Waals surface area contributed by atoms with Crippen LogP contribution in [-0.4, -0.2) is 63.1 Å². The monoisotopic (exact) mass is 426 g/mol. The Kier molecular flexibility index (Phi) is 6.77. The summed E-state index contributed by atoms with van der Waals surface area (Å²) in [5, 5.41) is 0.827. The fourth-order valence-electron chi connectivity index (χ4n) is 4.38. The number of imidazole rings is 1. The zero-order chi connectivity index (χ0) is 20.9. The zero-order valence-electron chi connectivity index (χ0n) is 17.6. The SMILES string of the molecule is Cc1ccccc1-n1ccnc1SCC(=O)N1CCC(C(=O)N2CCCCC2)CC1. The second-order valence-electron chi connectivity index (χ2n) is 8.20. The summed E-state index contributed by atoms with van der Waals surface area (Å²) in [5.41, 5.74) is 2.26. The van der Waals surface area contributed by atoms with E-state index in [4.69, 9.17) is 0 Å². The van der Waals surface area contributed by atoms with Crippen LogP contribution in [0.1, 0.15) is 37.7 Å². The minimum Gasteiger partial charge on any atom is -0.342 e. The highest BCUT2D eigenvalue weighted by molar-refractivity contribution is 7.99. The highest BCUT2D eigenvalue weighted by Crippen LogP contribution is 2.25. The average molecular weight is 427 g/mol. The molecule has 0 atom stereocenters. The first-order valence-corrected chi connectivity index (χ1v) is 11.9. The van der Waals surface area contributed by atoms with Gasteiger partial charge < -0.3 is 9.80 Å². The molecule has 4 rings (SSSR count). The Morgan fingerprint density at radius 1 is 1.03 bits per heavy atom. The van der Waals surface area contributed by atoms with Gasteiger partial charge in [-0.1, -0.05) is 30.0 Å². The Hall–Kier alpha value is -2.28. The molecule has 0 saturated carbocycles. The van der Waals surface area contributed by atoms with Crippen LogP contribution in [0.5, 0.6) is 0 Å². The molecule has 6 nitrogen and oxygen atoms in total. The number of para-hydroxylation sites is 1. The molecule has 0 N–H and O–H groups in total. The fraction of sp³-hybridized carbons (Fsp3) is 0.522. The lowest BCUT2D eigenvalue weighted by Gasteiger charge is -2.35. The first-order valence-electron chi connectivity index (χ1n) is 10.9. The van der Waals surface area contributed by atoms with Crippen molar-refractivity contribution in [1.82, 2.24) is 19.4 Å². The number of nitrogens with zero attached hydrogens (tertiary/aromatic N) is 4. The maximum atomic E-state index is 12.8. The number of likely N-dealkylation sites (tertiary alicyclic amines) is 2. The van der Waals surface area contributed by atoms with Gasteiger partial charge in [0.15, 0.2) is 5.16 Å². The van der Waals surface area contributed by atoms with Crippen LogP contribution in [0.2, 0.25) is 0 Å². The molecule has 2 aromatic rings. The largest absolute Gasteiger partial charge is 0.342 e. The number of hydrogen-bond acceptors (Lipinski definition) is 4. The predicted molar refractivity (Wildman–Crippen MR) is 119 cm³/mol. The summed E-state index contributed by atoms with van der Waals surface area (Å²) in [4.78, 5) is 33.9. The standard InChI is InChI=1S/C23H30N4O2S/c1-18-7-3-4-8-20(18)27-16-11-24-23(27)30-17-21(28)25-14-9-19(10-15-25)22(29)26-12-5-2-6-13-26/h3-4,7-8,11,16,19H,2,5-6,9-10,12-15,17H2,1H3. The van der Waals surface area contributed by atoms with Crippen LogP contribution < -0.4 is 0 Å². The maximum absolute atomic E-state index is 12.8. The molecule has 2 saturated heterocycles. The predicted octanol–water partition coefficient (Wildman–Crippen LogP) is 3.52. The summed E-state index contributed by atoms with van der Waals surface area (Å²) >= 11 is 1.47. The summed E-state index contributed by atoms with van der Waals surface area (Å²) in [6, 6.07) is 8.17. The normalized spacial score (nSPS) is 17.9. The van der Waals surface area contributed by atoms with Crippen molar-refractivity contribution in [2.45, 2.75) is 44.2 Å². The Bertz CT molecular complexity index is 883. The molecule has 3 heterocycles. The first-order chi connectivity index (χ1) is 14.6. The molecule has 1 aromatic carbocycles. The molecule has 2 fully saturated rings. The van der Waals surface area contributed by atoms with Gasteiger partial charge in [0, 0.05) is 44.5 Å². The molecule has 30 heavy (non-hydrogen) atoms. The Morgan fingerprint density at radius 3 is 2.50 bits per heavy atom. The summed E-state index contributed by atoms with van der Waals surface area (Å²) in [7, 11) is 0. The maximum Gasteiger partial charge on any atom is 0.233 e. The van der Waals surface area contributed by atoms with E-state index < -0.39 is 0 Å². The molecule has 160 valence electrons. The number of aryl methyl sites for hydroxylation is 1. The van der Waals surface area contributed by atoms with Gasteiger partial charge in [0.05, 0.1) is 11.4 Å². The van der Waals surface area contributed by atoms with E-state index in [0.717, 1.165) is 49.6 Å². The van der Waals surface area contributed by atoms with Crippen molar-refractivity contribution >= 4 is 23.6 Å². The van der Waals surface area contributed by atoms with E-state index >= 15 is 0 Å². The quantitative estimate of drug-likeness (QED) is 0.687. The van der Waals surface area contributed by atoms with Gasteiger partial charge in [-0.2, -0.15) is 0 Å². The Labute approximate surface area is 182 Å². The highest BCUT2D eigenvalue weighted by atomic mass is 32.2. The van der Waals surface area contributed by atoms with Gasteiger partial charge in [0.1, 0.15) is 0 Å². The molecule has 1 aromatic heterocycles. The lowest BCUT2D eigenvalue weighted by atomic mass is 9.94. The molecule has 0 radical (unpaired) electrons. The number of rotatable bonds is 5. The highest BCUT2D eigenvalue weighted by Gasteiger charge is 2.30. The van der Waals surface area contributed by atoms with Gasteiger partial charge in [-0.15, -0.1) is 0 Å². The number of carbonyl (C=O) groups excluding carboxylic acids is 2. The number of amides is 2. The van der Waals surface area contributed by atoms with Gasteiger partial charge >= 0.3 is 0 Å². The summed E-state index contributed by atoms with van der Waals surface area (Å²) in [6.45, 7) is 5.24. The van der Waals surface area contributed by atoms with Crippen molar-refractivity contribution in [3.63, 3.8) is 0 Å². The third-order valence-electron chi connectivity index (χ3n) is 6.17. The molecule has 2 aliphatic rings. The smallest absolute Gasteiger partial charge is 0.233 e. The minimum absolute atomic E-state index is 0.0831. The molecule has 2 amide bonds. The first kappa shape index (κ1) is 21.0. The van der Waals surface area contributed by atoms with Crippen LogP contribution in [0.3, 0.4) is 0 Å². The number of hydrogen-bond donors (Lipinski definition) is 0. The van der Waals surface area contributed by atoms with Gasteiger partial charge in [-0.3, -0.25) is 14.2 Å². The van der Waals surface area contributed by atoms with Gasteiger partial charge in [0.25, 0.3) is 0 Å². The topological polar surface area (TPSA) is 58.4 Å². The van der Waals surface area contributed by atoms with Crippen molar-refractivity contribution in [2.75, 3.05) is 31.9 Å². The summed E-state index contributed by atoms with van der Waals surface area (Å²) < 4.78 is 2.04. The van der Waals surface area contributed by atoms with E-state index in [0.29, 0.717) is 24.7 Å². The molecule has 0 aliphatic carbocycles. The second-order valence-corrected chi connectivity index (χ2v) is 9.14. The van der Waals surface area contributed by atoms with Crippen LogP contribution in [0.25, 0.3) is 5.69 Å². The molecule has 2 aliphatic heterocycles. The van der Waals surface area contributed by atoms with Crippen LogP contribution >= 0.6 is 11.8 Å². The van der Waals surface area contributed by atoms with Crippen LogP contribution in [0.4, 0.5) is 0 Å². The molecular weight excluding hydrogens is 396 g/mol. The van der Waals surface area contributed by atoms with Gasteiger partial charge in [-0.05, 0) is 50.7 Å². The van der Waals surface area contributed by atoms with Crippen molar-refractivity contribution in [1.29, 1.82) is 0 Å². The number of aromatic nitrogens is 2. The third-order valence-corrected chi connectivity index (χ3v) is 7.12. The van der Waals surface area contributed by atoms with E-state index in [2.05, 4.69) is 24.0 Å². The lowest BCUT2D eigenvalue weighted by Crippen LogP contribution is -2.46. The number of thioether (sulfide) groups is 1. The van der Waals surface area contributed by atoms with Crippen molar-refractivity contribution in [3.05, 3.63) is 42.2 Å². The fourth-order valence-corrected chi connectivity index (χ4v) is 5.25. The van der Waals surface area contributed by atoms with Gasteiger partial charge in [0.2, 0.25) is 11.8 Å². The molecule has 0 bridgehead atoms. The lowest BCUT2D eigenvalue weighted by molar-refractivity contribution is -0.140. The summed E-state index contributed by atoms with van der Waals surface area (Å²) in [6.07, 6.45) is 8.75. The molecule has 7 heteroatoms. The number of piperidine rings is 2. The van der Waals surface area contributed by atoms with E-state index in [1.54, 1.807) is 6.20 Å². The van der Waals surface area contributed by atoms with Crippen LogP contribution in [0, 0.1) is 12.8 Å². The van der Waals surface area contributed by atoms with E-state index in [9.17, 15) is 9.59 Å². The Balaban J connectivity index is 1.29. The average Bonchev–Trinajstić information content (AvgIpc) is 3.26. The molecule has 0 unspecified atom stereocenters. The van der Waals surface area contributed by atoms with E-state index in [1.807, 2.05) is 32.7 Å². The van der Waals surface area contributed by atoms with E-state index in [-0.39, 0.29) is 11.8 Å². The third kappa shape index (κ3) is 4.72. The zero-order valence-corrected chi connectivity index (χ0v) is 18.4. The Morgan fingerprint density at radius 2 is 1.77 bits per heavy atom. The van der Waals surface area contributed by atoms with Crippen molar-refractivity contribution < 1.29 is 9.59 Å². The van der Waals surface area contributed by atoms with Crippen LogP contribution in [0.15, 0.2) is 41.8 Å². The second kappa shape index (κ2) is 9.69. The van der Waals surface area contributed by atoms with Crippen LogP contribution in [-0.2, 0) is 9.59 Å². The molecular formula is C23H30N4O2S.